The SMILES string of the molecule is Cc1cc(N2C[C@]34C=C[C@H](O3)[C@H](C(=O)NCCCc3ccccc3)[C@H]4C2=O)no1. The molecule has 2 aromatic rings. The average molecular weight is 393 g/mol. The number of nitrogens with one attached hydrogen (secondary N) is 1. The van der Waals surface area contributed by atoms with Crippen LogP contribution in [0.3, 0.4) is 0 Å². The topological polar surface area (TPSA) is 84.7 Å². The lowest BCUT2D eigenvalue weighted by Crippen LogP contribution is -2.44. The fourth-order valence-electron chi connectivity index (χ4n) is 4.74. The van der Waals surface area contributed by atoms with Gasteiger partial charge >= 0.3 is 0 Å². The van der Waals surface area contributed by atoms with Crippen LogP contribution in [-0.2, 0) is 20.7 Å². The summed E-state index contributed by atoms with van der Waals surface area (Å²) in [5.74, 6) is -0.180. The highest BCUT2D eigenvalue weighted by Crippen LogP contribution is 2.52. The van der Waals surface area contributed by atoms with Gasteiger partial charge in [0.25, 0.3) is 0 Å². The Bertz CT molecular complexity index is 969. The van der Waals surface area contributed by atoms with E-state index in [2.05, 4.69) is 22.6 Å². The molecular weight excluding hydrogens is 370 g/mol. The standard InChI is InChI=1S/C22H23N3O4/c1-14-12-17(24-29-14)25-13-22-10-9-16(28-22)18(19(22)21(25)27)20(26)23-11-5-8-15-6-3-2-4-7-15/h2-4,6-7,9-10,12,16,18-19H,5,8,11,13H2,1H3,(H,23,26)/t16-,18-,19-,22-/m0/s1. The second-order valence-corrected chi connectivity index (χ2v) is 8.00. The third-order valence-electron chi connectivity index (χ3n) is 6.08. The molecule has 29 heavy (non-hydrogen) atoms. The lowest BCUT2D eigenvalue weighted by atomic mass is 9.77. The van der Waals surface area contributed by atoms with E-state index < -0.39 is 17.4 Å². The molecule has 0 saturated carbocycles. The van der Waals surface area contributed by atoms with Gasteiger partial charge in [-0.15, -0.1) is 0 Å². The predicted octanol–water partition coefficient (Wildman–Crippen LogP) is 2.02. The lowest BCUT2D eigenvalue weighted by Gasteiger charge is -2.23. The molecule has 1 N–H and O–H groups in total. The normalized spacial score (nSPS) is 29.5. The Labute approximate surface area is 168 Å². The number of amides is 2. The second kappa shape index (κ2) is 6.84. The first-order chi connectivity index (χ1) is 14.1. The smallest absolute Gasteiger partial charge is 0.235 e. The minimum Gasteiger partial charge on any atom is -0.360 e. The van der Waals surface area contributed by atoms with Crippen molar-refractivity contribution in [3.05, 3.63) is 59.9 Å². The summed E-state index contributed by atoms with van der Waals surface area (Å²) < 4.78 is 11.2. The number of nitrogens with zero attached hydrogens (tertiary/aromatic N) is 2. The van der Waals surface area contributed by atoms with Crippen LogP contribution in [0.2, 0.25) is 0 Å². The highest BCUT2D eigenvalue weighted by Gasteiger charge is 2.67. The third-order valence-corrected chi connectivity index (χ3v) is 6.08. The molecule has 1 aromatic carbocycles. The number of benzene rings is 1. The Morgan fingerprint density at radius 1 is 1.34 bits per heavy atom. The molecule has 4 atom stereocenters. The van der Waals surface area contributed by atoms with Crippen LogP contribution in [0.5, 0.6) is 0 Å². The first-order valence-electron chi connectivity index (χ1n) is 10.0. The van der Waals surface area contributed by atoms with Crippen LogP contribution in [0.15, 0.2) is 53.1 Å². The molecule has 2 saturated heterocycles. The Kier molecular flexibility index (Phi) is 4.28. The molecule has 3 aliphatic rings. The highest BCUT2D eigenvalue weighted by atomic mass is 16.5. The van der Waals surface area contributed by atoms with Crippen molar-refractivity contribution in [1.82, 2.24) is 10.5 Å². The van der Waals surface area contributed by atoms with E-state index in [9.17, 15) is 9.59 Å². The minimum atomic E-state index is -0.749. The van der Waals surface area contributed by atoms with Crippen molar-refractivity contribution in [2.75, 3.05) is 18.0 Å². The minimum absolute atomic E-state index is 0.120. The van der Waals surface area contributed by atoms with Gasteiger partial charge in [0.15, 0.2) is 5.82 Å². The predicted molar refractivity (Wildman–Crippen MR) is 105 cm³/mol. The van der Waals surface area contributed by atoms with Crippen molar-refractivity contribution in [2.45, 2.75) is 31.5 Å². The Morgan fingerprint density at radius 2 is 2.17 bits per heavy atom. The van der Waals surface area contributed by atoms with E-state index in [0.717, 1.165) is 12.8 Å². The number of ether oxygens (including phenoxy) is 1. The number of hydrogen-bond donors (Lipinski definition) is 1. The molecule has 150 valence electrons. The van der Waals surface area contributed by atoms with Gasteiger partial charge in [0.05, 0.1) is 24.5 Å². The Balaban J connectivity index is 1.26. The molecule has 5 rings (SSSR count). The van der Waals surface area contributed by atoms with Gasteiger partial charge in [-0.2, -0.15) is 0 Å². The van der Waals surface area contributed by atoms with Crippen molar-refractivity contribution in [3.8, 4) is 0 Å². The Hall–Kier alpha value is -2.93. The van der Waals surface area contributed by atoms with Crippen LogP contribution in [0, 0.1) is 18.8 Å². The second-order valence-electron chi connectivity index (χ2n) is 8.00. The summed E-state index contributed by atoms with van der Waals surface area (Å²) in [5.41, 5.74) is 0.497. The van der Waals surface area contributed by atoms with Gasteiger partial charge in [0.2, 0.25) is 11.8 Å². The number of anilines is 1. The number of carbonyl (C=O) groups is 2. The van der Waals surface area contributed by atoms with E-state index in [-0.39, 0.29) is 17.9 Å². The maximum absolute atomic E-state index is 13.2. The van der Waals surface area contributed by atoms with Crippen LogP contribution in [0.4, 0.5) is 5.82 Å². The lowest BCUT2D eigenvalue weighted by molar-refractivity contribution is -0.131. The summed E-state index contributed by atoms with van der Waals surface area (Å²) in [7, 11) is 0. The summed E-state index contributed by atoms with van der Waals surface area (Å²) in [6.45, 7) is 2.71. The van der Waals surface area contributed by atoms with E-state index in [0.29, 0.717) is 24.7 Å². The molecule has 3 aliphatic heterocycles. The number of fused-ring (bicyclic) bond motifs is 1. The van der Waals surface area contributed by atoms with Gasteiger partial charge in [0.1, 0.15) is 11.4 Å². The summed E-state index contributed by atoms with van der Waals surface area (Å²) in [5, 5.41) is 6.97. The van der Waals surface area contributed by atoms with Crippen LogP contribution in [-0.4, -0.2) is 41.8 Å². The van der Waals surface area contributed by atoms with E-state index in [4.69, 9.17) is 9.26 Å². The van der Waals surface area contributed by atoms with Crippen LogP contribution < -0.4 is 10.2 Å². The summed E-state index contributed by atoms with van der Waals surface area (Å²) in [6.07, 6.45) is 5.25. The zero-order valence-corrected chi connectivity index (χ0v) is 16.2. The summed E-state index contributed by atoms with van der Waals surface area (Å²) >= 11 is 0. The molecule has 0 radical (unpaired) electrons. The maximum atomic E-state index is 13.2. The van der Waals surface area contributed by atoms with E-state index in [1.54, 1.807) is 17.9 Å². The third kappa shape index (κ3) is 2.97. The van der Waals surface area contributed by atoms with Crippen LogP contribution in [0.25, 0.3) is 0 Å². The summed E-state index contributed by atoms with van der Waals surface area (Å²) in [4.78, 5) is 27.7. The van der Waals surface area contributed by atoms with Crippen LogP contribution >= 0.6 is 0 Å². The maximum Gasteiger partial charge on any atom is 0.235 e. The zero-order chi connectivity index (χ0) is 20.0. The van der Waals surface area contributed by atoms with Gasteiger partial charge in [-0.1, -0.05) is 47.6 Å². The monoisotopic (exact) mass is 393 g/mol. The molecular formula is C22H23N3O4. The highest BCUT2D eigenvalue weighted by molar-refractivity contribution is 6.02. The molecule has 0 aliphatic carbocycles. The fourth-order valence-corrected chi connectivity index (χ4v) is 4.74. The molecule has 7 nitrogen and oxygen atoms in total. The van der Waals surface area contributed by atoms with Gasteiger partial charge in [-0.3, -0.25) is 14.5 Å². The fraction of sp³-hybridized carbons (Fsp3) is 0.409. The first-order valence-corrected chi connectivity index (χ1v) is 10.0. The molecule has 1 aromatic heterocycles. The van der Waals surface area contributed by atoms with E-state index in [1.165, 1.54) is 5.56 Å². The molecule has 2 fully saturated rings. The largest absolute Gasteiger partial charge is 0.360 e. The summed E-state index contributed by atoms with van der Waals surface area (Å²) in [6, 6.07) is 11.9. The zero-order valence-electron chi connectivity index (χ0n) is 16.2. The number of aryl methyl sites for hydroxylation is 2. The molecule has 1 spiro atoms. The number of hydrogen-bond acceptors (Lipinski definition) is 5. The molecule has 0 unspecified atom stereocenters. The van der Waals surface area contributed by atoms with Crippen molar-refractivity contribution in [2.24, 2.45) is 11.8 Å². The van der Waals surface area contributed by atoms with Gasteiger partial charge in [-0.05, 0) is 25.3 Å². The van der Waals surface area contributed by atoms with Crippen molar-refractivity contribution < 1.29 is 18.8 Å². The van der Waals surface area contributed by atoms with Crippen molar-refractivity contribution in [1.29, 1.82) is 0 Å². The number of aromatic nitrogens is 1. The van der Waals surface area contributed by atoms with Crippen molar-refractivity contribution >= 4 is 17.6 Å². The number of rotatable bonds is 6. The molecule has 7 heteroatoms. The van der Waals surface area contributed by atoms with Gasteiger partial charge in [-0.25, -0.2) is 0 Å². The quantitative estimate of drug-likeness (QED) is 0.600. The van der Waals surface area contributed by atoms with Gasteiger partial charge < -0.3 is 14.6 Å². The van der Waals surface area contributed by atoms with E-state index >= 15 is 0 Å². The number of carbonyl (C=O) groups excluding carboxylic acids is 2. The molecule has 2 amide bonds. The Morgan fingerprint density at radius 3 is 2.93 bits per heavy atom. The van der Waals surface area contributed by atoms with Gasteiger partial charge in [0, 0.05) is 12.6 Å². The first kappa shape index (κ1) is 18.1. The molecule has 4 heterocycles. The molecule has 2 bridgehead atoms. The average Bonchev–Trinajstić information content (AvgIpc) is 3.47. The van der Waals surface area contributed by atoms with Crippen LogP contribution in [0.1, 0.15) is 17.7 Å². The van der Waals surface area contributed by atoms with Crippen molar-refractivity contribution in [3.63, 3.8) is 0 Å². The van der Waals surface area contributed by atoms with E-state index in [1.807, 2.05) is 30.4 Å².